The predicted molar refractivity (Wildman–Crippen MR) is 113 cm³/mol. The number of benzene rings is 1. The van der Waals surface area contributed by atoms with E-state index in [-0.39, 0.29) is 11.8 Å². The number of hydrogen-bond acceptors (Lipinski definition) is 5. The number of nitrogens with zero attached hydrogens (tertiary/aromatic N) is 4. The van der Waals surface area contributed by atoms with E-state index in [9.17, 15) is 4.79 Å². The second-order valence-electron chi connectivity index (χ2n) is 7.71. The summed E-state index contributed by atoms with van der Waals surface area (Å²) in [5.74, 6) is 0.819. The van der Waals surface area contributed by atoms with E-state index in [4.69, 9.17) is 5.73 Å². The van der Waals surface area contributed by atoms with Crippen LogP contribution in [-0.2, 0) is 11.2 Å². The van der Waals surface area contributed by atoms with Crippen molar-refractivity contribution in [1.82, 2.24) is 19.9 Å². The van der Waals surface area contributed by atoms with Crippen molar-refractivity contribution in [2.75, 3.05) is 18.8 Å². The first-order valence-corrected chi connectivity index (χ1v) is 9.87. The number of rotatable bonds is 4. The van der Waals surface area contributed by atoms with Gasteiger partial charge in [0.25, 0.3) is 0 Å². The van der Waals surface area contributed by atoms with Crippen molar-refractivity contribution in [1.29, 1.82) is 0 Å². The maximum Gasteiger partial charge on any atom is 0.227 e. The Hall–Kier alpha value is -3.28. The number of nitrogens with two attached hydrogens (primary N) is 1. The molecule has 0 saturated carbocycles. The van der Waals surface area contributed by atoms with Gasteiger partial charge in [-0.25, -0.2) is 15.0 Å². The molecule has 0 bridgehead atoms. The number of carbonyl (C=O) groups excluding carboxylic acids is 1. The summed E-state index contributed by atoms with van der Waals surface area (Å²) in [6, 6.07) is 9.98. The van der Waals surface area contributed by atoms with E-state index >= 15 is 0 Å². The molecule has 3 heterocycles. The SMILES string of the molecule is Cc1ccc(CC(=O)N2CC[C@H](c3ncncc3-c3ccnc(N)c3)C2)cc1C. The molecule has 0 spiro atoms. The molecule has 1 fully saturated rings. The summed E-state index contributed by atoms with van der Waals surface area (Å²) in [4.78, 5) is 27.6. The number of aromatic nitrogens is 3. The van der Waals surface area contributed by atoms with Crippen molar-refractivity contribution in [2.24, 2.45) is 0 Å². The molecule has 0 unspecified atom stereocenters. The van der Waals surface area contributed by atoms with Gasteiger partial charge in [0.05, 0.1) is 12.1 Å². The Kier molecular flexibility index (Phi) is 5.25. The van der Waals surface area contributed by atoms with Crippen molar-refractivity contribution in [2.45, 2.75) is 32.6 Å². The largest absolute Gasteiger partial charge is 0.384 e. The minimum Gasteiger partial charge on any atom is -0.384 e. The van der Waals surface area contributed by atoms with Crippen molar-refractivity contribution < 1.29 is 4.79 Å². The predicted octanol–water partition coefficient (Wildman–Crippen LogP) is 3.30. The van der Waals surface area contributed by atoms with E-state index in [0.29, 0.717) is 18.8 Å². The lowest BCUT2D eigenvalue weighted by Gasteiger charge is -2.18. The maximum atomic E-state index is 12.9. The number of pyridine rings is 1. The molecular weight excluding hydrogens is 362 g/mol. The highest BCUT2D eigenvalue weighted by atomic mass is 16.2. The maximum absolute atomic E-state index is 12.9. The Morgan fingerprint density at radius 3 is 2.83 bits per heavy atom. The Morgan fingerprint density at radius 1 is 1.17 bits per heavy atom. The fourth-order valence-corrected chi connectivity index (χ4v) is 3.91. The zero-order valence-corrected chi connectivity index (χ0v) is 16.8. The molecule has 29 heavy (non-hydrogen) atoms. The molecule has 6 nitrogen and oxygen atoms in total. The smallest absolute Gasteiger partial charge is 0.227 e. The molecule has 1 atom stereocenters. The van der Waals surface area contributed by atoms with Crippen LogP contribution in [0.15, 0.2) is 49.1 Å². The van der Waals surface area contributed by atoms with E-state index in [1.54, 1.807) is 12.5 Å². The van der Waals surface area contributed by atoms with Gasteiger partial charge in [-0.3, -0.25) is 4.79 Å². The van der Waals surface area contributed by atoms with Gasteiger partial charge in [0.15, 0.2) is 0 Å². The first kappa shape index (κ1) is 19.1. The monoisotopic (exact) mass is 387 g/mol. The van der Waals surface area contributed by atoms with E-state index in [2.05, 4.69) is 40.9 Å². The molecule has 1 aliphatic rings. The fourth-order valence-electron chi connectivity index (χ4n) is 3.91. The summed E-state index contributed by atoms with van der Waals surface area (Å²) < 4.78 is 0. The number of nitrogen functional groups attached to an aromatic ring is 1. The Labute approximate surface area is 170 Å². The van der Waals surface area contributed by atoms with Crippen LogP contribution in [-0.4, -0.2) is 38.8 Å². The molecule has 2 aromatic heterocycles. The van der Waals surface area contributed by atoms with E-state index in [0.717, 1.165) is 35.3 Å². The number of hydrogen-bond donors (Lipinski definition) is 1. The average molecular weight is 387 g/mol. The zero-order valence-electron chi connectivity index (χ0n) is 16.8. The summed E-state index contributed by atoms with van der Waals surface area (Å²) in [6.45, 7) is 5.59. The van der Waals surface area contributed by atoms with Crippen LogP contribution in [0.2, 0.25) is 0 Å². The minimum absolute atomic E-state index is 0.166. The van der Waals surface area contributed by atoms with Crippen molar-refractivity contribution in [3.05, 3.63) is 71.4 Å². The van der Waals surface area contributed by atoms with Crippen molar-refractivity contribution >= 4 is 11.7 Å². The minimum atomic E-state index is 0.166. The molecule has 2 N–H and O–H groups in total. The van der Waals surface area contributed by atoms with E-state index < -0.39 is 0 Å². The van der Waals surface area contributed by atoms with Gasteiger partial charge in [0.1, 0.15) is 12.1 Å². The number of anilines is 1. The lowest BCUT2D eigenvalue weighted by molar-refractivity contribution is -0.129. The van der Waals surface area contributed by atoms with Crippen LogP contribution in [0.1, 0.15) is 34.7 Å². The molecule has 3 aromatic rings. The topological polar surface area (TPSA) is 85.0 Å². The van der Waals surface area contributed by atoms with E-state index in [1.807, 2.05) is 29.3 Å². The average Bonchev–Trinajstić information content (AvgIpc) is 3.21. The van der Waals surface area contributed by atoms with Gasteiger partial charge in [0, 0.05) is 37.0 Å². The Morgan fingerprint density at radius 2 is 2.03 bits per heavy atom. The third kappa shape index (κ3) is 4.11. The van der Waals surface area contributed by atoms with Gasteiger partial charge >= 0.3 is 0 Å². The van der Waals surface area contributed by atoms with Crippen LogP contribution in [0.5, 0.6) is 0 Å². The number of likely N-dealkylation sites (tertiary alicyclic amines) is 1. The molecular formula is C23H25N5O. The highest BCUT2D eigenvalue weighted by Gasteiger charge is 2.30. The molecule has 0 aliphatic carbocycles. The van der Waals surface area contributed by atoms with E-state index in [1.165, 1.54) is 11.1 Å². The normalized spacial score (nSPS) is 16.2. The second kappa shape index (κ2) is 7.99. The third-order valence-corrected chi connectivity index (χ3v) is 5.69. The Bertz CT molecular complexity index is 1050. The second-order valence-corrected chi connectivity index (χ2v) is 7.71. The van der Waals surface area contributed by atoms with Gasteiger partial charge in [-0.05, 0) is 54.7 Å². The highest BCUT2D eigenvalue weighted by Crippen LogP contribution is 2.33. The summed E-state index contributed by atoms with van der Waals surface area (Å²) >= 11 is 0. The molecule has 1 aromatic carbocycles. The highest BCUT2D eigenvalue weighted by molar-refractivity contribution is 5.79. The van der Waals surface area contributed by atoms with Crippen molar-refractivity contribution in [3.63, 3.8) is 0 Å². The van der Waals surface area contributed by atoms with Crippen LogP contribution < -0.4 is 5.73 Å². The van der Waals surface area contributed by atoms with Crippen LogP contribution >= 0.6 is 0 Å². The van der Waals surface area contributed by atoms with Crippen molar-refractivity contribution in [3.8, 4) is 11.1 Å². The van der Waals surface area contributed by atoms with Gasteiger partial charge in [0.2, 0.25) is 5.91 Å². The molecule has 6 heteroatoms. The molecule has 1 saturated heterocycles. The van der Waals surface area contributed by atoms with Gasteiger partial charge in [-0.2, -0.15) is 0 Å². The standard InChI is InChI=1S/C23H25N5O/c1-15-3-4-17(9-16(15)2)10-22(29)28-8-6-19(13-28)23-20(12-25-14-27-23)18-5-7-26-21(24)11-18/h3-5,7,9,11-12,14,19H,6,8,10,13H2,1-2H3,(H2,24,26)/t19-/m0/s1. The summed E-state index contributed by atoms with van der Waals surface area (Å²) in [5.41, 5.74) is 12.3. The molecule has 1 amide bonds. The summed E-state index contributed by atoms with van der Waals surface area (Å²) in [7, 11) is 0. The summed E-state index contributed by atoms with van der Waals surface area (Å²) in [5, 5.41) is 0. The molecule has 1 aliphatic heterocycles. The zero-order chi connectivity index (χ0) is 20.4. The third-order valence-electron chi connectivity index (χ3n) is 5.69. The first-order chi connectivity index (χ1) is 14.0. The van der Waals surface area contributed by atoms with Gasteiger partial charge < -0.3 is 10.6 Å². The molecule has 0 radical (unpaired) electrons. The molecule has 148 valence electrons. The van der Waals surface area contributed by atoms with Crippen LogP contribution in [0.3, 0.4) is 0 Å². The quantitative estimate of drug-likeness (QED) is 0.742. The Balaban J connectivity index is 1.50. The summed E-state index contributed by atoms with van der Waals surface area (Å²) in [6.07, 6.45) is 6.41. The van der Waals surface area contributed by atoms with Crippen LogP contribution in [0, 0.1) is 13.8 Å². The fraction of sp³-hybridized carbons (Fsp3) is 0.304. The van der Waals surface area contributed by atoms with Crippen LogP contribution in [0.4, 0.5) is 5.82 Å². The van der Waals surface area contributed by atoms with Crippen LogP contribution in [0.25, 0.3) is 11.1 Å². The van der Waals surface area contributed by atoms with Gasteiger partial charge in [-0.15, -0.1) is 0 Å². The van der Waals surface area contributed by atoms with Gasteiger partial charge in [-0.1, -0.05) is 18.2 Å². The lowest BCUT2D eigenvalue weighted by atomic mass is 9.96. The number of aryl methyl sites for hydroxylation is 2. The first-order valence-electron chi connectivity index (χ1n) is 9.87. The number of amides is 1. The number of carbonyl (C=O) groups is 1. The lowest BCUT2D eigenvalue weighted by Crippen LogP contribution is -2.30. The molecule has 4 rings (SSSR count).